The highest BCUT2D eigenvalue weighted by Gasteiger charge is 2.61. The van der Waals surface area contributed by atoms with Crippen molar-refractivity contribution < 1.29 is 28.8 Å². The second-order valence-corrected chi connectivity index (χ2v) is 10.3. The lowest BCUT2D eigenvalue weighted by atomic mass is 9.64. The molecular formula is C32H22N2O7. The zero-order chi connectivity index (χ0) is 28.4. The average Bonchev–Trinajstić information content (AvgIpc) is 3.26. The Hall–Kier alpha value is -5.31. The Morgan fingerprint density at radius 2 is 1.61 bits per heavy atom. The summed E-state index contributed by atoms with van der Waals surface area (Å²) in [5.74, 6) is -5.02. The Labute approximate surface area is 233 Å². The van der Waals surface area contributed by atoms with E-state index in [4.69, 9.17) is 9.47 Å². The zero-order valence-electron chi connectivity index (χ0n) is 21.7. The molecule has 1 aliphatic carbocycles. The van der Waals surface area contributed by atoms with Gasteiger partial charge < -0.3 is 9.47 Å². The third-order valence-electron chi connectivity index (χ3n) is 8.29. The van der Waals surface area contributed by atoms with Gasteiger partial charge in [0.15, 0.2) is 0 Å². The SMILES string of the molecule is COc1ccc(N2C(=O)[C@@H]3[C@@H]4C(=O)Oc5ccc6ccccc6c5C4=C[C@H](c4ccccc4)[C@@H]3C2=O)c([N+](=O)[O-])c1. The van der Waals surface area contributed by atoms with Crippen LogP contribution in [0, 0.1) is 27.9 Å². The summed E-state index contributed by atoms with van der Waals surface area (Å²) < 4.78 is 10.9. The van der Waals surface area contributed by atoms with E-state index in [0.29, 0.717) is 16.9 Å². The van der Waals surface area contributed by atoms with Crippen molar-refractivity contribution in [2.24, 2.45) is 17.8 Å². The number of imide groups is 1. The van der Waals surface area contributed by atoms with Gasteiger partial charge in [-0.15, -0.1) is 0 Å². The van der Waals surface area contributed by atoms with Crippen molar-refractivity contribution in [1.29, 1.82) is 0 Å². The van der Waals surface area contributed by atoms with Gasteiger partial charge in [-0.05, 0) is 40.1 Å². The van der Waals surface area contributed by atoms with Gasteiger partial charge in [-0.2, -0.15) is 0 Å². The van der Waals surface area contributed by atoms with Crippen LogP contribution >= 0.6 is 0 Å². The lowest BCUT2D eigenvalue weighted by Gasteiger charge is -2.38. The fourth-order valence-electron chi connectivity index (χ4n) is 6.54. The van der Waals surface area contributed by atoms with Crippen molar-refractivity contribution >= 4 is 45.5 Å². The van der Waals surface area contributed by atoms with E-state index in [0.717, 1.165) is 21.2 Å². The minimum Gasteiger partial charge on any atom is -0.496 e. The van der Waals surface area contributed by atoms with Gasteiger partial charge >= 0.3 is 5.97 Å². The minimum absolute atomic E-state index is 0.163. The summed E-state index contributed by atoms with van der Waals surface area (Å²) in [6.07, 6.45) is 1.91. The molecule has 0 radical (unpaired) electrons. The number of hydrogen-bond donors (Lipinski definition) is 0. The molecular weight excluding hydrogens is 524 g/mol. The summed E-state index contributed by atoms with van der Waals surface area (Å²) >= 11 is 0. The second kappa shape index (κ2) is 9.12. The van der Waals surface area contributed by atoms with Crippen molar-refractivity contribution in [3.05, 3.63) is 112 Å². The van der Waals surface area contributed by atoms with E-state index in [1.807, 2.05) is 66.7 Å². The molecule has 4 atom stereocenters. The fraction of sp³-hybridized carbons (Fsp3) is 0.156. The maximum absolute atomic E-state index is 14.2. The molecule has 3 aliphatic rings. The van der Waals surface area contributed by atoms with Gasteiger partial charge in [0.05, 0.1) is 35.9 Å². The molecule has 7 rings (SSSR count). The number of amides is 2. The van der Waals surface area contributed by atoms with E-state index in [-0.39, 0.29) is 11.4 Å². The number of anilines is 1. The molecule has 2 heterocycles. The van der Waals surface area contributed by atoms with Crippen LogP contribution in [0.3, 0.4) is 0 Å². The number of esters is 1. The van der Waals surface area contributed by atoms with Crippen molar-refractivity contribution in [3.63, 3.8) is 0 Å². The molecule has 4 aromatic rings. The second-order valence-electron chi connectivity index (χ2n) is 10.3. The van der Waals surface area contributed by atoms with Crippen molar-refractivity contribution in [1.82, 2.24) is 0 Å². The van der Waals surface area contributed by atoms with Crippen LogP contribution in [0.1, 0.15) is 17.0 Å². The minimum atomic E-state index is -1.12. The van der Waals surface area contributed by atoms with Crippen LogP contribution in [0.2, 0.25) is 0 Å². The molecule has 0 spiro atoms. The van der Waals surface area contributed by atoms with Gasteiger partial charge in [-0.25, -0.2) is 4.90 Å². The van der Waals surface area contributed by atoms with Crippen molar-refractivity contribution in [2.75, 3.05) is 12.0 Å². The molecule has 0 N–H and O–H groups in total. The number of benzene rings is 4. The maximum Gasteiger partial charge on any atom is 0.319 e. The number of allylic oxidation sites excluding steroid dienone is 1. The topological polar surface area (TPSA) is 116 Å². The van der Waals surface area contributed by atoms with Gasteiger partial charge in [-0.1, -0.05) is 66.7 Å². The average molecular weight is 547 g/mol. The zero-order valence-corrected chi connectivity index (χ0v) is 21.7. The molecule has 0 aromatic heterocycles. The number of carbonyl (C=O) groups excluding carboxylic acids is 3. The molecule has 2 aliphatic heterocycles. The Bertz CT molecular complexity index is 1830. The number of carbonyl (C=O) groups is 3. The summed E-state index contributed by atoms with van der Waals surface area (Å²) in [4.78, 5) is 54.2. The first kappa shape index (κ1) is 24.7. The molecule has 4 aromatic carbocycles. The molecule has 0 bridgehead atoms. The number of hydrogen-bond acceptors (Lipinski definition) is 7. The highest BCUT2D eigenvalue weighted by Crippen LogP contribution is 2.56. The summed E-state index contributed by atoms with van der Waals surface area (Å²) in [5, 5.41) is 13.8. The number of fused-ring (bicyclic) bond motifs is 7. The molecule has 0 unspecified atom stereocenters. The van der Waals surface area contributed by atoms with Crippen molar-refractivity contribution in [2.45, 2.75) is 5.92 Å². The maximum atomic E-state index is 14.2. The summed E-state index contributed by atoms with van der Waals surface area (Å²) in [6, 6.07) is 24.6. The third kappa shape index (κ3) is 3.58. The highest BCUT2D eigenvalue weighted by molar-refractivity contribution is 6.25. The molecule has 0 saturated carbocycles. The Balaban J connectivity index is 1.46. The summed E-state index contributed by atoms with van der Waals surface area (Å²) in [7, 11) is 1.37. The molecule has 202 valence electrons. The molecule has 1 saturated heterocycles. The van der Waals surface area contributed by atoms with E-state index < -0.39 is 52.1 Å². The van der Waals surface area contributed by atoms with Gasteiger partial charge in [-0.3, -0.25) is 24.5 Å². The number of rotatable bonds is 4. The largest absolute Gasteiger partial charge is 0.496 e. The number of nitrogens with zero attached hydrogens (tertiary/aromatic N) is 2. The first-order chi connectivity index (χ1) is 19.9. The third-order valence-corrected chi connectivity index (χ3v) is 8.29. The predicted octanol–water partition coefficient (Wildman–Crippen LogP) is 5.28. The Morgan fingerprint density at radius 1 is 0.878 bits per heavy atom. The lowest BCUT2D eigenvalue weighted by molar-refractivity contribution is -0.384. The van der Waals surface area contributed by atoms with Crippen LogP contribution < -0.4 is 14.4 Å². The van der Waals surface area contributed by atoms with Crippen molar-refractivity contribution in [3.8, 4) is 11.5 Å². The monoisotopic (exact) mass is 546 g/mol. The first-order valence-electron chi connectivity index (χ1n) is 13.1. The molecule has 1 fully saturated rings. The van der Waals surface area contributed by atoms with E-state index in [2.05, 4.69) is 0 Å². The van der Waals surface area contributed by atoms with Gasteiger partial charge in [0.2, 0.25) is 11.8 Å². The van der Waals surface area contributed by atoms with E-state index in [1.54, 1.807) is 6.07 Å². The highest BCUT2D eigenvalue weighted by atomic mass is 16.6. The lowest BCUT2D eigenvalue weighted by Crippen LogP contribution is -2.42. The van der Waals surface area contributed by atoms with Crippen LogP contribution in [0.5, 0.6) is 11.5 Å². The molecule has 2 amide bonds. The molecule has 9 nitrogen and oxygen atoms in total. The van der Waals surface area contributed by atoms with Gasteiger partial charge in [0.25, 0.3) is 5.69 Å². The van der Waals surface area contributed by atoms with E-state index in [9.17, 15) is 24.5 Å². The summed E-state index contributed by atoms with van der Waals surface area (Å²) in [6.45, 7) is 0. The van der Waals surface area contributed by atoms with Crippen LogP contribution in [-0.4, -0.2) is 29.8 Å². The Morgan fingerprint density at radius 3 is 2.37 bits per heavy atom. The van der Waals surface area contributed by atoms with Crippen LogP contribution in [-0.2, 0) is 14.4 Å². The molecule has 41 heavy (non-hydrogen) atoms. The van der Waals surface area contributed by atoms with Crippen LogP contribution in [0.25, 0.3) is 16.3 Å². The first-order valence-corrected chi connectivity index (χ1v) is 13.1. The predicted molar refractivity (Wildman–Crippen MR) is 149 cm³/mol. The Kier molecular flexibility index (Phi) is 5.50. The summed E-state index contributed by atoms with van der Waals surface area (Å²) in [5.41, 5.74) is 1.51. The fourth-order valence-corrected chi connectivity index (χ4v) is 6.54. The number of methoxy groups -OCH3 is 1. The van der Waals surface area contributed by atoms with E-state index in [1.165, 1.54) is 25.3 Å². The number of nitro benzene ring substituents is 1. The van der Waals surface area contributed by atoms with Crippen LogP contribution in [0.4, 0.5) is 11.4 Å². The normalized spacial score (nSPS) is 22.9. The smallest absolute Gasteiger partial charge is 0.319 e. The number of ether oxygens (including phenoxy) is 2. The van der Waals surface area contributed by atoms with Crippen LogP contribution in [0.15, 0.2) is 91.0 Å². The standard InChI is InChI=1S/C32H22N2O7/c1-40-19-12-13-23(24(15-19)34(38)39)33-30(35)27-21(17-7-3-2-4-8-17)16-22-26-20-10-6-5-9-18(20)11-14-25(26)41-32(37)28(22)29(27)31(33)36/h2-16,21,27-29H,1H3/t21-,27+,28-,29+/m1/s1. The quantitative estimate of drug-likeness (QED) is 0.112. The van der Waals surface area contributed by atoms with Gasteiger partial charge in [0.1, 0.15) is 17.2 Å². The molecule has 9 heteroatoms. The van der Waals surface area contributed by atoms with E-state index >= 15 is 0 Å². The van der Waals surface area contributed by atoms with Gasteiger partial charge in [0, 0.05) is 11.5 Å². The number of nitro groups is 1.